The topological polar surface area (TPSA) is 39.4 Å². The van der Waals surface area contributed by atoms with E-state index in [0.717, 1.165) is 5.39 Å². The van der Waals surface area contributed by atoms with E-state index in [4.69, 9.17) is 20.8 Å². The molecule has 5 heteroatoms. The van der Waals surface area contributed by atoms with E-state index < -0.39 is 0 Å². The molecule has 3 rings (SSSR count). The predicted octanol–water partition coefficient (Wildman–Crippen LogP) is 5.05. The molecule has 0 spiro atoms. The lowest BCUT2D eigenvalue weighted by Crippen LogP contribution is -1.88. The minimum Gasteiger partial charge on any atom is -0.493 e. The van der Waals surface area contributed by atoms with E-state index in [1.54, 1.807) is 25.3 Å². The van der Waals surface area contributed by atoms with Crippen LogP contribution < -0.4 is 4.74 Å². The molecular formula is C16H11ClO3S. The van der Waals surface area contributed by atoms with Crippen LogP contribution in [-0.2, 0) is 0 Å². The zero-order chi connectivity index (χ0) is 14.8. The average molecular weight is 319 g/mol. The number of ketones is 1. The Morgan fingerprint density at radius 1 is 1.33 bits per heavy atom. The minimum atomic E-state index is -0.0979. The molecule has 0 aliphatic carbocycles. The zero-order valence-corrected chi connectivity index (χ0v) is 12.7. The van der Waals surface area contributed by atoms with Gasteiger partial charge in [-0.05, 0) is 36.4 Å². The van der Waals surface area contributed by atoms with Crippen LogP contribution in [0.3, 0.4) is 0 Å². The fourth-order valence-electron chi connectivity index (χ4n) is 1.99. The second-order valence-corrected chi connectivity index (χ2v) is 6.04. The van der Waals surface area contributed by atoms with Gasteiger partial charge in [0, 0.05) is 5.39 Å². The summed E-state index contributed by atoms with van der Waals surface area (Å²) < 4.78 is 11.5. The van der Waals surface area contributed by atoms with Crippen molar-refractivity contribution in [1.82, 2.24) is 0 Å². The number of rotatable bonds is 4. The molecule has 3 nitrogen and oxygen atoms in total. The Morgan fingerprint density at radius 2 is 2.19 bits per heavy atom. The number of para-hydroxylation sites is 1. The average Bonchev–Trinajstić information content (AvgIpc) is 3.10. The molecule has 0 aliphatic heterocycles. The SMILES string of the molecule is COc1cccc2cc(/C=C/C(=O)c3ccc(Cl)s3)oc12. The van der Waals surface area contributed by atoms with Crippen LogP contribution in [0, 0.1) is 0 Å². The summed E-state index contributed by atoms with van der Waals surface area (Å²) in [6.07, 6.45) is 3.13. The number of carbonyl (C=O) groups excluding carboxylic acids is 1. The lowest BCUT2D eigenvalue weighted by Gasteiger charge is -1.98. The number of fused-ring (bicyclic) bond motifs is 1. The fraction of sp³-hybridized carbons (Fsp3) is 0.0625. The first-order chi connectivity index (χ1) is 10.2. The first kappa shape index (κ1) is 13.9. The van der Waals surface area contributed by atoms with Gasteiger partial charge < -0.3 is 9.15 Å². The Kier molecular flexibility index (Phi) is 3.82. The molecule has 0 fully saturated rings. The first-order valence-electron chi connectivity index (χ1n) is 6.21. The highest BCUT2D eigenvalue weighted by atomic mass is 35.5. The summed E-state index contributed by atoms with van der Waals surface area (Å²) in [6.45, 7) is 0. The summed E-state index contributed by atoms with van der Waals surface area (Å²) in [5.74, 6) is 1.17. The predicted molar refractivity (Wildman–Crippen MR) is 85.5 cm³/mol. The van der Waals surface area contributed by atoms with Gasteiger partial charge in [-0.15, -0.1) is 11.3 Å². The molecule has 1 aromatic carbocycles. The number of benzene rings is 1. The summed E-state index contributed by atoms with van der Waals surface area (Å²) in [6, 6.07) is 10.9. The molecule has 0 N–H and O–H groups in total. The normalized spacial score (nSPS) is 11.3. The van der Waals surface area contributed by atoms with Gasteiger partial charge >= 0.3 is 0 Å². The van der Waals surface area contributed by atoms with Crippen LogP contribution in [0.15, 0.2) is 46.9 Å². The molecule has 0 unspecified atom stereocenters. The monoisotopic (exact) mass is 318 g/mol. The van der Waals surface area contributed by atoms with Gasteiger partial charge in [-0.2, -0.15) is 0 Å². The van der Waals surface area contributed by atoms with Crippen molar-refractivity contribution < 1.29 is 13.9 Å². The number of furan rings is 1. The van der Waals surface area contributed by atoms with Crippen molar-refractivity contribution in [2.75, 3.05) is 7.11 Å². The molecule has 0 aliphatic rings. The van der Waals surface area contributed by atoms with Crippen molar-refractivity contribution >= 4 is 45.8 Å². The number of ether oxygens (including phenoxy) is 1. The van der Waals surface area contributed by atoms with Crippen molar-refractivity contribution in [3.05, 3.63) is 57.4 Å². The zero-order valence-electron chi connectivity index (χ0n) is 11.1. The van der Waals surface area contributed by atoms with Crippen LogP contribution in [-0.4, -0.2) is 12.9 Å². The molecular weight excluding hydrogens is 308 g/mol. The molecule has 106 valence electrons. The van der Waals surface area contributed by atoms with Crippen LogP contribution in [0.2, 0.25) is 4.34 Å². The number of allylic oxidation sites excluding steroid dienone is 1. The molecule has 0 atom stereocenters. The molecule has 0 saturated heterocycles. The van der Waals surface area contributed by atoms with Gasteiger partial charge in [0.05, 0.1) is 16.3 Å². The number of thiophene rings is 1. The van der Waals surface area contributed by atoms with Crippen LogP contribution in [0.25, 0.3) is 17.0 Å². The highest BCUT2D eigenvalue weighted by molar-refractivity contribution is 7.18. The second-order valence-electron chi connectivity index (χ2n) is 4.33. The maximum atomic E-state index is 12.0. The number of halogens is 1. The van der Waals surface area contributed by atoms with Crippen molar-refractivity contribution in [2.45, 2.75) is 0 Å². The highest BCUT2D eigenvalue weighted by Crippen LogP contribution is 2.29. The van der Waals surface area contributed by atoms with Gasteiger partial charge in [0.25, 0.3) is 0 Å². The van der Waals surface area contributed by atoms with E-state index in [2.05, 4.69) is 0 Å². The van der Waals surface area contributed by atoms with E-state index in [1.807, 2.05) is 24.3 Å². The summed E-state index contributed by atoms with van der Waals surface area (Å²) in [7, 11) is 1.59. The van der Waals surface area contributed by atoms with E-state index in [1.165, 1.54) is 17.4 Å². The lowest BCUT2D eigenvalue weighted by molar-refractivity contribution is 0.105. The quantitative estimate of drug-likeness (QED) is 0.499. The third-order valence-corrected chi connectivity index (χ3v) is 4.21. The van der Waals surface area contributed by atoms with Gasteiger partial charge in [0.2, 0.25) is 0 Å². The molecule has 0 radical (unpaired) electrons. The summed E-state index contributed by atoms with van der Waals surface area (Å²) in [4.78, 5) is 12.6. The summed E-state index contributed by atoms with van der Waals surface area (Å²) in [5, 5.41) is 0.931. The first-order valence-corrected chi connectivity index (χ1v) is 7.41. The van der Waals surface area contributed by atoms with Gasteiger partial charge in [-0.1, -0.05) is 23.7 Å². The largest absolute Gasteiger partial charge is 0.493 e. The van der Waals surface area contributed by atoms with Gasteiger partial charge in [0.1, 0.15) is 5.76 Å². The molecule has 0 saturated carbocycles. The number of hydrogen-bond acceptors (Lipinski definition) is 4. The van der Waals surface area contributed by atoms with Gasteiger partial charge in [0.15, 0.2) is 17.1 Å². The fourth-order valence-corrected chi connectivity index (χ4v) is 2.95. The smallest absolute Gasteiger partial charge is 0.195 e. The lowest BCUT2D eigenvalue weighted by atomic mass is 10.2. The van der Waals surface area contributed by atoms with E-state index in [9.17, 15) is 4.79 Å². The number of methoxy groups -OCH3 is 1. The van der Waals surface area contributed by atoms with Crippen LogP contribution >= 0.6 is 22.9 Å². The van der Waals surface area contributed by atoms with Crippen molar-refractivity contribution in [1.29, 1.82) is 0 Å². The van der Waals surface area contributed by atoms with Gasteiger partial charge in [-0.3, -0.25) is 4.79 Å². The molecule has 21 heavy (non-hydrogen) atoms. The van der Waals surface area contributed by atoms with Crippen molar-refractivity contribution in [2.24, 2.45) is 0 Å². The molecule has 0 bridgehead atoms. The molecule has 0 amide bonds. The summed E-state index contributed by atoms with van der Waals surface area (Å²) in [5.41, 5.74) is 0.672. The maximum absolute atomic E-state index is 12.0. The molecule has 3 aromatic rings. The van der Waals surface area contributed by atoms with Crippen LogP contribution in [0.5, 0.6) is 5.75 Å². The van der Waals surface area contributed by atoms with Gasteiger partial charge in [-0.25, -0.2) is 0 Å². The Morgan fingerprint density at radius 3 is 2.90 bits per heavy atom. The summed E-state index contributed by atoms with van der Waals surface area (Å²) >= 11 is 7.07. The standard InChI is InChI=1S/C16H11ClO3S/c1-19-13-4-2-3-10-9-11(20-16(10)13)5-6-12(18)14-7-8-15(17)21-14/h2-9H,1H3/b6-5+. The van der Waals surface area contributed by atoms with E-state index >= 15 is 0 Å². The third kappa shape index (κ3) is 2.86. The minimum absolute atomic E-state index is 0.0979. The number of carbonyl (C=O) groups is 1. The van der Waals surface area contributed by atoms with Crippen molar-refractivity contribution in [3.8, 4) is 5.75 Å². The molecule has 2 heterocycles. The van der Waals surface area contributed by atoms with E-state index in [0.29, 0.717) is 26.3 Å². The Balaban J connectivity index is 1.88. The Hall–Kier alpha value is -2.04. The highest BCUT2D eigenvalue weighted by Gasteiger charge is 2.08. The van der Waals surface area contributed by atoms with Crippen LogP contribution in [0.1, 0.15) is 15.4 Å². The van der Waals surface area contributed by atoms with Crippen molar-refractivity contribution in [3.63, 3.8) is 0 Å². The number of hydrogen-bond donors (Lipinski definition) is 0. The van der Waals surface area contributed by atoms with E-state index in [-0.39, 0.29) is 5.78 Å². The maximum Gasteiger partial charge on any atom is 0.195 e. The molecule has 2 aromatic heterocycles. The Bertz CT molecular complexity index is 829. The second kappa shape index (κ2) is 5.76. The third-order valence-electron chi connectivity index (χ3n) is 2.96. The Labute approximate surface area is 130 Å². The van der Waals surface area contributed by atoms with Crippen LogP contribution in [0.4, 0.5) is 0 Å².